The smallest absolute Gasteiger partial charge is 0.313 e. The van der Waals surface area contributed by atoms with Gasteiger partial charge >= 0.3 is 5.97 Å². The molecule has 0 bridgehead atoms. The number of rotatable bonds is 4. The molecule has 9 heteroatoms. The van der Waals surface area contributed by atoms with Crippen LogP contribution < -0.4 is 0 Å². The molecule has 2 aromatic rings. The Morgan fingerprint density at radius 3 is 2.13 bits per heavy atom. The van der Waals surface area contributed by atoms with E-state index >= 15 is 8.78 Å². The van der Waals surface area contributed by atoms with Crippen LogP contribution in [0.5, 0.6) is 0 Å². The molecular formula is C29H31F2N3O4. The predicted octanol–water partition coefficient (Wildman–Crippen LogP) is 3.89. The second-order valence-corrected chi connectivity index (χ2v) is 10.6. The van der Waals surface area contributed by atoms with Crippen LogP contribution in [0, 0.1) is 17.6 Å². The van der Waals surface area contributed by atoms with Crippen LogP contribution in [0.15, 0.2) is 53.0 Å². The number of carbonyl (C=O) groups is 2. The fourth-order valence-corrected chi connectivity index (χ4v) is 5.59. The molecule has 5 rings (SSSR count). The maximum atomic E-state index is 15.1. The molecule has 0 radical (unpaired) electrons. The third-order valence-electron chi connectivity index (χ3n) is 7.52. The minimum absolute atomic E-state index is 0.0425. The van der Waals surface area contributed by atoms with Gasteiger partial charge in [-0.2, -0.15) is 5.10 Å². The molecule has 2 aliphatic heterocycles. The van der Waals surface area contributed by atoms with E-state index in [1.165, 1.54) is 23.4 Å². The minimum Gasteiger partial charge on any atom is -0.425 e. The molecule has 0 aromatic heterocycles. The Hall–Kier alpha value is -3.59. The van der Waals surface area contributed by atoms with Crippen LogP contribution in [-0.4, -0.2) is 57.8 Å². The topological polar surface area (TPSA) is 82.4 Å². The molecule has 1 saturated heterocycles. The van der Waals surface area contributed by atoms with E-state index in [0.29, 0.717) is 35.1 Å². The monoisotopic (exact) mass is 523 g/mol. The number of aliphatic hydroxyl groups is 1. The summed E-state index contributed by atoms with van der Waals surface area (Å²) in [5.41, 5.74) is 2.34. The number of hydrogen-bond donors (Lipinski definition) is 1. The van der Waals surface area contributed by atoms with Crippen LogP contribution >= 0.6 is 0 Å². The number of halogens is 2. The quantitative estimate of drug-likeness (QED) is 0.615. The van der Waals surface area contributed by atoms with Crippen LogP contribution in [0.1, 0.15) is 55.9 Å². The van der Waals surface area contributed by atoms with E-state index in [1.807, 2.05) is 26.0 Å². The first-order valence-corrected chi connectivity index (χ1v) is 12.9. The van der Waals surface area contributed by atoms with Gasteiger partial charge in [0.1, 0.15) is 11.6 Å². The molecule has 2 heterocycles. The van der Waals surface area contributed by atoms with Gasteiger partial charge in [0.2, 0.25) is 0 Å². The third kappa shape index (κ3) is 4.28. The third-order valence-corrected chi connectivity index (χ3v) is 7.52. The summed E-state index contributed by atoms with van der Waals surface area (Å²) in [6, 6.07) is 8.91. The standard InChI is InChI=1S/C29H31F2N3O4/c1-15(2)29(37)38-27-24(35)13-32-34-23(14-33(16(3)4)28(36)26(27)34)25-19-7-5-9-21(30)17(19)11-12-18-20(25)8-6-10-22(18)31/h5-10,13,15-16,23-25,35H,11-12,14H2,1-4H3. The van der Waals surface area contributed by atoms with Crippen molar-refractivity contribution in [2.45, 2.75) is 64.6 Å². The number of amides is 1. The minimum atomic E-state index is -1.40. The van der Waals surface area contributed by atoms with E-state index in [4.69, 9.17) is 4.74 Å². The van der Waals surface area contributed by atoms with Crippen molar-refractivity contribution >= 4 is 18.1 Å². The van der Waals surface area contributed by atoms with Crippen LogP contribution in [0.2, 0.25) is 0 Å². The Morgan fingerprint density at radius 1 is 1.03 bits per heavy atom. The van der Waals surface area contributed by atoms with E-state index in [1.54, 1.807) is 30.9 Å². The van der Waals surface area contributed by atoms with Crippen molar-refractivity contribution in [2.24, 2.45) is 11.0 Å². The summed E-state index contributed by atoms with van der Waals surface area (Å²) in [5, 5.41) is 16.6. The fourth-order valence-electron chi connectivity index (χ4n) is 5.59. The first-order chi connectivity index (χ1) is 18.1. The highest BCUT2D eigenvalue weighted by molar-refractivity contribution is 5.97. The maximum Gasteiger partial charge on any atom is 0.313 e. The molecule has 38 heavy (non-hydrogen) atoms. The Morgan fingerprint density at radius 2 is 1.61 bits per heavy atom. The number of fused-ring (bicyclic) bond motifs is 3. The number of aliphatic hydroxyl groups excluding tert-OH is 1. The fraction of sp³-hybridized carbons (Fsp3) is 0.414. The molecule has 1 N–H and O–H groups in total. The van der Waals surface area contributed by atoms with E-state index in [2.05, 4.69) is 5.10 Å². The highest BCUT2D eigenvalue weighted by Gasteiger charge is 2.48. The van der Waals surface area contributed by atoms with Crippen LogP contribution in [-0.2, 0) is 27.2 Å². The number of hydrazone groups is 1. The molecule has 0 spiro atoms. The number of benzene rings is 2. The summed E-state index contributed by atoms with van der Waals surface area (Å²) in [7, 11) is 0. The van der Waals surface area contributed by atoms with Crippen molar-refractivity contribution < 1.29 is 28.2 Å². The molecular weight excluding hydrogens is 492 g/mol. The first kappa shape index (κ1) is 26.0. The molecule has 1 fully saturated rings. The van der Waals surface area contributed by atoms with Gasteiger partial charge in [-0.1, -0.05) is 38.1 Å². The van der Waals surface area contributed by atoms with E-state index in [9.17, 15) is 14.7 Å². The average Bonchev–Trinajstić information content (AvgIpc) is 3.04. The molecule has 1 amide bonds. The first-order valence-electron chi connectivity index (χ1n) is 12.9. The van der Waals surface area contributed by atoms with Crippen molar-refractivity contribution in [2.75, 3.05) is 6.54 Å². The zero-order valence-corrected chi connectivity index (χ0v) is 21.8. The van der Waals surface area contributed by atoms with Crippen molar-refractivity contribution in [3.8, 4) is 0 Å². The van der Waals surface area contributed by atoms with Gasteiger partial charge in [0, 0.05) is 18.5 Å². The SMILES string of the molecule is CC(C)C(=O)OC1=C2C(=O)N(C(C)C)CC(C3c4cccc(F)c4CCc4c(F)cccc43)N2N=CC1O. The summed E-state index contributed by atoms with van der Waals surface area (Å²) < 4.78 is 35.9. The highest BCUT2D eigenvalue weighted by atomic mass is 19.1. The summed E-state index contributed by atoms with van der Waals surface area (Å²) in [6.45, 7) is 7.24. The largest absolute Gasteiger partial charge is 0.425 e. The molecule has 3 aliphatic rings. The van der Waals surface area contributed by atoms with E-state index < -0.39 is 35.9 Å². The Bertz CT molecular complexity index is 1300. The Labute approximate surface area is 220 Å². The van der Waals surface area contributed by atoms with Gasteiger partial charge in [-0.25, -0.2) is 8.78 Å². The number of nitrogens with zero attached hydrogens (tertiary/aromatic N) is 3. The Kier molecular flexibility index (Phi) is 6.81. The molecule has 1 aliphatic carbocycles. The summed E-state index contributed by atoms with van der Waals surface area (Å²) in [4.78, 5) is 27.9. The summed E-state index contributed by atoms with van der Waals surface area (Å²) in [6.07, 6.45) is 0.471. The highest BCUT2D eigenvalue weighted by Crippen LogP contribution is 2.44. The van der Waals surface area contributed by atoms with Gasteiger partial charge in [-0.3, -0.25) is 14.6 Å². The predicted molar refractivity (Wildman–Crippen MR) is 137 cm³/mol. The number of ether oxygens (including phenoxy) is 1. The molecule has 2 unspecified atom stereocenters. The Balaban J connectivity index is 1.74. The number of piperazine rings is 1. The lowest BCUT2D eigenvalue weighted by Crippen LogP contribution is -2.58. The lowest BCUT2D eigenvalue weighted by molar-refractivity contribution is -0.145. The number of esters is 1. The normalized spacial score (nSPS) is 21.4. The summed E-state index contributed by atoms with van der Waals surface area (Å²) >= 11 is 0. The zero-order valence-electron chi connectivity index (χ0n) is 21.8. The van der Waals surface area contributed by atoms with E-state index in [0.717, 1.165) is 0 Å². The van der Waals surface area contributed by atoms with Crippen LogP contribution in [0.25, 0.3) is 0 Å². The summed E-state index contributed by atoms with van der Waals surface area (Å²) in [5.74, 6) is -3.01. The van der Waals surface area contributed by atoms with Gasteiger partial charge < -0.3 is 14.7 Å². The zero-order chi connectivity index (χ0) is 27.3. The second-order valence-electron chi connectivity index (χ2n) is 10.6. The van der Waals surface area contributed by atoms with E-state index in [-0.39, 0.29) is 35.7 Å². The van der Waals surface area contributed by atoms with Crippen molar-refractivity contribution in [1.29, 1.82) is 0 Å². The van der Waals surface area contributed by atoms with Crippen molar-refractivity contribution in [1.82, 2.24) is 9.91 Å². The molecule has 0 saturated carbocycles. The average molecular weight is 524 g/mol. The van der Waals surface area contributed by atoms with Crippen LogP contribution in [0.4, 0.5) is 8.78 Å². The van der Waals surface area contributed by atoms with Gasteiger partial charge in [0.15, 0.2) is 17.6 Å². The van der Waals surface area contributed by atoms with Gasteiger partial charge in [-0.15, -0.1) is 0 Å². The van der Waals surface area contributed by atoms with Crippen LogP contribution in [0.3, 0.4) is 0 Å². The van der Waals surface area contributed by atoms with Crippen molar-refractivity contribution in [3.63, 3.8) is 0 Å². The lowest BCUT2D eigenvalue weighted by Gasteiger charge is -2.47. The molecule has 200 valence electrons. The number of hydrogen-bond acceptors (Lipinski definition) is 6. The molecule has 2 atom stereocenters. The second kappa shape index (κ2) is 9.94. The lowest BCUT2D eigenvalue weighted by atomic mass is 9.80. The van der Waals surface area contributed by atoms with Crippen molar-refractivity contribution in [3.05, 3.63) is 81.7 Å². The number of carbonyl (C=O) groups excluding carboxylic acids is 2. The van der Waals surface area contributed by atoms with Gasteiger partial charge in [0.25, 0.3) is 5.91 Å². The van der Waals surface area contributed by atoms with Gasteiger partial charge in [-0.05, 0) is 61.1 Å². The van der Waals surface area contributed by atoms with Gasteiger partial charge in [0.05, 0.1) is 18.2 Å². The maximum absolute atomic E-state index is 15.1. The molecule has 2 aromatic carbocycles. The molecule has 7 nitrogen and oxygen atoms in total.